The number of nitrogens with zero attached hydrogens (tertiary/aromatic N) is 4. The van der Waals surface area contributed by atoms with E-state index >= 15 is 0 Å². The molecule has 1 aliphatic heterocycles. The van der Waals surface area contributed by atoms with Crippen LogP contribution in [0.2, 0.25) is 0 Å². The second kappa shape index (κ2) is 5.66. The average Bonchev–Trinajstić information content (AvgIpc) is 3.26. The van der Waals surface area contributed by atoms with E-state index in [0.717, 1.165) is 58.0 Å². The van der Waals surface area contributed by atoms with Crippen molar-refractivity contribution in [1.29, 1.82) is 0 Å². The number of halogens is 1. The van der Waals surface area contributed by atoms with Crippen LogP contribution < -0.4 is 4.74 Å². The van der Waals surface area contributed by atoms with Gasteiger partial charge in [0.15, 0.2) is 5.65 Å². The normalized spacial score (nSPS) is 13.6. The van der Waals surface area contributed by atoms with Gasteiger partial charge in [-0.05, 0) is 37.3 Å². The number of aryl methyl sites for hydroxylation is 2. The molecule has 4 aromatic rings. The van der Waals surface area contributed by atoms with Crippen LogP contribution in [0.15, 0.2) is 36.5 Å². The van der Waals surface area contributed by atoms with Crippen LogP contribution in [-0.2, 0) is 6.54 Å². The van der Waals surface area contributed by atoms with Gasteiger partial charge in [-0.2, -0.15) is 10.2 Å². The van der Waals surface area contributed by atoms with E-state index in [4.69, 9.17) is 9.84 Å². The second-order valence-electron chi connectivity index (χ2n) is 6.40. The molecule has 1 N–H and O–H groups in total. The van der Waals surface area contributed by atoms with Gasteiger partial charge in [-0.3, -0.25) is 5.10 Å². The van der Waals surface area contributed by atoms with Crippen LogP contribution in [0.1, 0.15) is 12.1 Å². The van der Waals surface area contributed by atoms with Gasteiger partial charge in [0.2, 0.25) is 5.88 Å². The molecule has 0 unspecified atom stereocenters. The molecular weight excluding hydrogens is 333 g/mol. The molecular formula is C19H16FN5O. The summed E-state index contributed by atoms with van der Waals surface area (Å²) in [5.74, 6) is 0.469. The Morgan fingerprint density at radius 3 is 2.92 bits per heavy atom. The minimum absolute atomic E-state index is 0.271. The number of aromatic amines is 1. The Labute approximate surface area is 148 Å². The zero-order valence-corrected chi connectivity index (χ0v) is 14.2. The van der Waals surface area contributed by atoms with E-state index < -0.39 is 0 Å². The maximum atomic E-state index is 13.4. The molecule has 0 saturated carbocycles. The Kier molecular flexibility index (Phi) is 3.28. The van der Waals surface area contributed by atoms with Crippen molar-refractivity contribution in [2.45, 2.75) is 19.9 Å². The van der Waals surface area contributed by atoms with Crippen molar-refractivity contribution in [1.82, 2.24) is 25.0 Å². The SMILES string of the molecule is Cc1cc(-c2c(-c3ccc(F)cc3)nn3c2OCCC3)c2cn[nH]c2n1. The number of benzene rings is 1. The number of H-pyrrole nitrogens is 1. The molecule has 0 atom stereocenters. The minimum atomic E-state index is -0.271. The van der Waals surface area contributed by atoms with Crippen molar-refractivity contribution in [3.05, 3.63) is 48.0 Å². The van der Waals surface area contributed by atoms with Crippen molar-refractivity contribution >= 4 is 11.0 Å². The van der Waals surface area contributed by atoms with Gasteiger partial charge in [-0.1, -0.05) is 0 Å². The Balaban J connectivity index is 1.83. The molecule has 0 spiro atoms. The summed E-state index contributed by atoms with van der Waals surface area (Å²) in [6, 6.07) is 8.40. The van der Waals surface area contributed by atoms with Crippen LogP contribution >= 0.6 is 0 Å². The van der Waals surface area contributed by atoms with Gasteiger partial charge in [0.05, 0.1) is 18.4 Å². The highest BCUT2D eigenvalue weighted by Gasteiger charge is 2.26. The molecule has 6 nitrogen and oxygen atoms in total. The van der Waals surface area contributed by atoms with Crippen molar-refractivity contribution < 1.29 is 9.13 Å². The lowest BCUT2D eigenvalue weighted by molar-refractivity contribution is 0.231. The van der Waals surface area contributed by atoms with Crippen LogP contribution in [0, 0.1) is 12.7 Å². The van der Waals surface area contributed by atoms with E-state index in [2.05, 4.69) is 15.2 Å². The lowest BCUT2D eigenvalue weighted by Crippen LogP contribution is -2.14. The summed E-state index contributed by atoms with van der Waals surface area (Å²) in [6.07, 6.45) is 2.67. The van der Waals surface area contributed by atoms with Crippen LogP contribution in [0.3, 0.4) is 0 Å². The zero-order chi connectivity index (χ0) is 17.7. The standard InChI is InChI=1S/C19H16FN5O/c1-11-9-14(15-10-21-23-18(15)22-11)16-17(12-3-5-13(20)6-4-12)24-25-7-2-8-26-19(16)25/h3-6,9-10H,2,7-8H2,1H3,(H,21,22,23). The van der Waals surface area contributed by atoms with Crippen LogP contribution in [-0.4, -0.2) is 31.6 Å². The fraction of sp³-hybridized carbons (Fsp3) is 0.211. The van der Waals surface area contributed by atoms with Gasteiger partial charge in [0.25, 0.3) is 0 Å². The van der Waals surface area contributed by atoms with Gasteiger partial charge in [-0.15, -0.1) is 0 Å². The fourth-order valence-corrected chi connectivity index (χ4v) is 3.44. The molecule has 0 saturated heterocycles. The second-order valence-corrected chi connectivity index (χ2v) is 6.40. The highest BCUT2D eigenvalue weighted by atomic mass is 19.1. The van der Waals surface area contributed by atoms with E-state index in [9.17, 15) is 4.39 Å². The van der Waals surface area contributed by atoms with Crippen molar-refractivity contribution in [2.24, 2.45) is 0 Å². The first-order chi connectivity index (χ1) is 12.7. The molecule has 7 heteroatoms. The number of hydrogen-bond acceptors (Lipinski definition) is 4. The summed E-state index contributed by atoms with van der Waals surface area (Å²) < 4.78 is 21.3. The summed E-state index contributed by atoms with van der Waals surface area (Å²) >= 11 is 0. The molecule has 5 rings (SSSR count). The lowest BCUT2D eigenvalue weighted by atomic mass is 9.99. The quantitative estimate of drug-likeness (QED) is 0.599. The molecule has 4 heterocycles. The van der Waals surface area contributed by atoms with Crippen LogP contribution in [0.5, 0.6) is 5.88 Å². The highest BCUT2D eigenvalue weighted by molar-refractivity contribution is 5.98. The summed E-state index contributed by atoms with van der Waals surface area (Å²) in [5, 5.41) is 12.7. The van der Waals surface area contributed by atoms with Gasteiger partial charge in [0.1, 0.15) is 11.5 Å². The maximum absolute atomic E-state index is 13.4. The van der Waals surface area contributed by atoms with E-state index in [1.54, 1.807) is 18.3 Å². The van der Waals surface area contributed by atoms with Crippen LogP contribution in [0.25, 0.3) is 33.4 Å². The topological polar surface area (TPSA) is 68.6 Å². The van der Waals surface area contributed by atoms with Crippen molar-refractivity contribution in [3.8, 4) is 28.3 Å². The largest absolute Gasteiger partial charge is 0.477 e. The molecule has 0 radical (unpaired) electrons. The van der Waals surface area contributed by atoms with Gasteiger partial charge >= 0.3 is 0 Å². The van der Waals surface area contributed by atoms with Crippen molar-refractivity contribution in [3.63, 3.8) is 0 Å². The van der Waals surface area contributed by atoms with Gasteiger partial charge in [0, 0.05) is 35.2 Å². The Hall–Kier alpha value is -3.22. The summed E-state index contributed by atoms with van der Waals surface area (Å²) in [4.78, 5) is 4.50. The number of aromatic nitrogens is 5. The first-order valence-electron chi connectivity index (χ1n) is 8.51. The zero-order valence-electron chi connectivity index (χ0n) is 14.2. The molecule has 3 aromatic heterocycles. The van der Waals surface area contributed by atoms with Crippen LogP contribution in [0.4, 0.5) is 4.39 Å². The molecule has 0 aliphatic carbocycles. The third kappa shape index (κ3) is 2.28. The highest BCUT2D eigenvalue weighted by Crippen LogP contribution is 2.43. The lowest BCUT2D eigenvalue weighted by Gasteiger charge is -2.16. The minimum Gasteiger partial charge on any atom is -0.477 e. The van der Waals surface area contributed by atoms with Crippen molar-refractivity contribution in [2.75, 3.05) is 6.61 Å². The molecule has 130 valence electrons. The predicted octanol–water partition coefficient (Wildman–Crippen LogP) is 3.72. The third-order valence-corrected chi connectivity index (χ3v) is 4.60. The summed E-state index contributed by atoms with van der Waals surface area (Å²) in [6.45, 7) is 3.39. The molecule has 0 bridgehead atoms. The molecule has 0 amide bonds. The van der Waals surface area contributed by atoms with Gasteiger partial charge < -0.3 is 4.74 Å². The van der Waals surface area contributed by atoms with Gasteiger partial charge in [-0.25, -0.2) is 14.1 Å². The Morgan fingerprint density at radius 2 is 2.08 bits per heavy atom. The number of nitrogens with one attached hydrogen (secondary N) is 1. The number of pyridine rings is 1. The average molecular weight is 349 g/mol. The number of fused-ring (bicyclic) bond motifs is 2. The molecule has 1 aromatic carbocycles. The third-order valence-electron chi connectivity index (χ3n) is 4.60. The molecule has 1 aliphatic rings. The monoisotopic (exact) mass is 349 g/mol. The smallest absolute Gasteiger partial charge is 0.220 e. The summed E-state index contributed by atoms with van der Waals surface area (Å²) in [5.41, 5.74) is 5.07. The van der Waals surface area contributed by atoms with E-state index in [0.29, 0.717) is 6.61 Å². The Morgan fingerprint density at radius 1 is 1.23 bits per heavy atom. The maximum Gasteiger partial charge on any atom is 0.220 e. The number of ether oxygens (including phenoxy) is 1. The predicted molar refractivity (Wildman–Crippen MR) is 95.4 cm³/mol. The Bertz CT molecular complexity index is 1110. The first-order valence-corrected chi connectivity index (χ1v) is 8.51. The summed E-state index contributed by atoms with van der Waals surface area (Å²) in [7, 11) is 0. The number of hydrogen-bond donors (Lipinski definition) is 1. The van der Waals surface area contributed by atoms with E-state index in [1.165, 1.54) is 12.1 Å². The molecule has 0 fully saturated rings. The van der Waals surface area contributed by atoms with E-state index in [1.807, 2.05) is 17.7 Å². The molecule has 26 heavy (non-hydrogen) atoms. The fourth-order valence-electron chi connectivity index (χ4n) is 3.44. The number of rotatable bonds is 2. The van der Waals surface area contributed by atoms with E-state index in [-0.39, 0.29) is 5.82 Å². The first kappa shape index (κ1) is 15.1.